The minimum absolute atomic E-state index is 0.826. The van der Waals surface area contributed by atoms with E-state index >= 15 is 0 Å². The second kappa shape index (κ2) is 6.31. The minimum Gasteiger partial charge on any atom is -0.497 e. The highest BCUT2D eigenvalue weighted by Gasteiger charge is 2.11. The monoisotopic (exact) mass is 263 g/mol. The van der Waals surface area contributed by atoms with Gasteiger partial charge in [0.2, 0.25) is 0 Å². The van der Waals surface area contributed by atoms with Gasteiger partial charge in [-0.1, -0.05) is 0 Å². The van der Waals surface area contributed by atoms with Gasteiger partial charge in [0.05, 0.1) is 20.8 Å². The predicted molar refractivity (Wildman–Crippen MR) is 76.2 cm³/mol. The van der Waals surface area contributed by atoms with E-state index in [4.69, 9.17) is 9.47 Å². The molecule has 1 aliphatic rings. The number of hydrogen-bond donors (Lipinski definition) is 1. The van der Waals surface area contributed by atoms with Crippen LogP contribution in [0.25, 0.3) is 0 Å². The quantitative estimate of drug-likeness (QED) is 0.865. The number of likely N-dealkylation sites (N-methyl/N-ethyl adjacent to an activating group) is 1. The Hall–Kier alpha value is -1.91. The number of guanidine groups is 1. The molecule has 5 nitrogen and oxygen atoms in total. The molecule has 0 atom stereocenters. The third-order valence-corrected chi connectivity index (χ3v) is 3.22. The number of ether oxygens (including phenoxy) is 2. The van der Waals surface area contributed by atoms with Crippen molar-refractivity contribution in [3.8, 4) is 11.5 Å². The van der Waals surface area contributed by atoms with Crippen LogP contribution in [0.3, 0.4) is 0 Å². The molecule has 2 rings (SSSR count). The molecule has 1 aromatic rings. The molecule has 0 spiro atoms. The molecular weight excluding hydrogens is 242 g/mol. The SMILES string of the molecule is COc1ccc(OC)c(CCNC2=NCCN2C)c1. The van der Waals surface area contributed by atoms with Crippen LogP contribution in [0.4, 0.5) is 0 Å². The number of aliphatic imine (C=N–C) groups is 1. The van der Waals surface area contributed by atoms with Crippen LogP contribution < -0.4 is 14.8 Å². The van der Waals surface area contributed by atoms with Crippen molar-refractivity contribution in [1.29, 1.82) is 0 Å². The molecule has 104 valence electrons. The molecule has 1 N–H and O–H groups in total. The van der Waals surface area contributed by atoms with Crippen LogP contribution in [0.2, 0.25) is 0 Å². The first-order chi connectivity index (χ1) is 9.24. The van der Waals surface area contributed by atoms with Crippen LogP contribution in [0, 0.1) is 0 Å². The van der Waals surface area contributed by atoms with E-state index in [1.165, 1.54) is 0 Å². The molecule has 0 bridgehead atoms. The summed E-state index contributed by atoms with van der Waals surface area (Å²) < 4.78 is 10.6. The molecule has 1 heterocycles. The molecule has 5 heteroatoms. The van der Waals surface area contributed by atoms with Crippen molar-refractivity contribution in [3.05, 3.63) is 23.8 Å². The van der Waals surface area contributed by atoms with Gasteiger partial charge in [0, 0.05) is 20.1 Å². The minimum atomic E-state index is 0.826. The van der Waals surface area contributed by atoms with Crippen molar-refractivity contribution in [3.63, 3.8) is 0 Å². The van der Waals surface area contributed by atoms with Crippen molar-refractivity contribution >= 4 is 5.96 Å². The Balaban J connectivity index is 1.94. The second-order valence-corrected chi connectivity index (χ2v) is 4.48. The molecule has 0 aliphatic carbocycles. The summed E-state index contributed by atoms with van der Waals surface area (Å²) >= 11 is 0. The molecule has 0 saturated carbocycles. The summed E-state index contributed by atoms with van der Waals surface area (Å²) in [5.41, 5.74) is 1.13. The van der Waals surface area contributed by atoms with Crippen LogP contribution in [0.15, 0.2) is 23.2 Å². The van der Waals surface area contributed by atoms with E-state index in [-0.39, 0.29) is 0 Å². The van der Waals surface area contributed by atoms with E-state index in [9.17, 15) is 0 Å². The lowest BCUT2D eigenvalue weighted by molar-refractivity contribution is 0.398. The van der Waals surface area contributed by atoms with Crippen LogP contribution in [0.1, 0.15) is 5.56 Å². The van der Waals surface area contributed by atoms with Gasteiger partial charge in [-0.3, -0.25) is 4.99 Å². The standard InChI is InChI=1S/C14H21N3O2/c1-17-9-8-16-14(17)15-7-6-11-10-12(18-2)4-5-13(11)19-3/h4-5,10H,6-9H2,1-3H3,(H,15,16). The summed E-state index contributed by atoms with van der Waals surface area (Å²) in [6.07, 6.45) is 0.868. The molecule has 0 radical (unpaired) electrons. The molecular formula is C14H21N3O2. The van der Waals surface area contributed by atoms with E-state index in [0.717, 1.165) is 49.1 Å². The molecule has 19 heavy (non-hydrogen) atoms. The largest absolute Gasteiger partial charge is 0.497 e. The van der Waals surface area contributed by atoms with Gasteiger partial charge in [-0.2, -0.15) is 0 Å². The van der Waals surface area contributed by atoms with Crippen molar-refractivity contribution in [2.45, 2.75) is 6.42 Å². The van der Waals surface area contributed by atoms with Crippen molar-refractivity contribution < 1.29 is 9.47 Å². The van der Waals surface area contributed by atoms with Crippen LogP contribution in [-0.4, -0.2) is 51.8 Å². The van der Waals surface area contributed by atoms with E-state index < -0.39 is 0 Å². The zero-order chi connectivity index (χ0) is 13.7. The molecule has 0 unspecified atom stereocenters. The Morgan fingerprint density at radius 1 is 1.32 bits per heavy atom. The lowest BCUT2D eigenvalue weighted by atomic mass is 10.1. The fourth-order valence-corrected chi connectivity index (χ4v) is 2.11. The number of nitrogens with one attached hydrogen (secondary N) is 1. The Labute approximate surface area is 114 Å². The first kappa shape index (κ1) is 13.5. The topological polar surface area (TPSA) is 46.1 Å². The summed E-state index contributed by atoms with van der Waals surface area (Å²) in [5.74, 6) is 2.72. The van der Waals surface area contributed by atoms with Gasteiger partial charge in [-0.15, -0.1) is 0 Å². The fraction of sp³-hybridized carbons (Fsp3) is 0.500. The van der Waals surface area contributed by atoms with E-state index in [1.54, 1.807) is 14.2 Å². The summed E-state index contributed by atoms with van der Waals surface area (Å²) in [6, 6.07) is 5.86. The lowest BCUT2D eigenvalue weighted by Gasteiger charge is -2.16. The third-order valence-electron chi connectivity index (χ3n) is 3.22. The second-order valence-electron chi connectivity index (χ2n) is 4.48. The molecule has 1 aromatic carbocycles. The average molecular weight is 263 g/mol. The Morgan fingerprint density at radius 2 is 2.16 bits per heavy atom. The third kappa shape index (κ3) is 3.30. The van der Waals surface area contributed by atoms with Gasteiger partial charge in [0.1, 0.15) is 11.5 Å². The van der Waals surface area contributed by atoms with Gasteiger partial charge in [0.25, 0.3) is 0 Å². The zero-order valence-electron chi connectivity index (χ0n) is 11.8. The van der Waals surface area contributed by atoms with Gasteiger partial charge in [-0.25, -0.2) is 0 Å². The maximum atomic E-state index is 5.36. The van der Waals surface area contributed by atoms with Crippen molar-refractivity contribution in [2.75, 3.05) is 40.9 Å². The Morgan fingerprint density at radius 3 is 2.79 bits per heavy atom. The predicted octanol–water partition coefficient (Wildman–Crippen LogP) is 1.14. The maximum Gasteiger partial charge on any atom is 0.193 e. The molecule has 1 aliphatic heterocycles. The highest BCUT2D eigenvalue weighted by molar-refractivity contribution is 5.81. The van der Waals surface area contributed by atoms with Gasteiger partial charge >= 0.3 is 0 Å². The van der Waals surface area contributed by atoms with E-state index in [2.05, 4.69) is 15.2 Å². The Bertz CT molecular complexity index is 460. The smallest absolute Gasteiger partial charge is 0.193 e. The number of rotatable bonds is 5. The van der Waals surface area contributed by atoms with Crippen LogP contribution in [0.5, 0.6) is 11.5 Å². The molecule has 0 fully saturated rings. The van der Waals surface area contributed by atoms with Gasteiger partial charge in [-0.05, 0) is 30.2 Å². The maximum absolute atomic E-state index is 5.36. The first-order valence-electron chi connectivity index (χ1n) is 6.45. The number of hydrogen-bond acceptors (Lipinski definition) is 5. The number of methoxy groups -OCH3 is 2. The average Bonchev–Trinajstić information content (AvgIpc) is 2.84. The van der Waals surface area contributed by atoms with E-state index in [1.807, 2.05) is 25.2 Å². The molecule has 0 aromatic heterocycles. The Kier molecular flexibility index (Phi) is 4.49. The number of benzene rings is 1. The number of nitrogens with zero attached hydrogens (tertiary/aromatic N) is 2. The van der Waals surface area contributed by atoms with Gasteiger partial charge in [0.15, 0.2) is 5.96 Å². The van der Waals surface area contributed by atoms with Crippen molar-refractivity contribution in [2.24, 2.45) is 4.99 Å². The van der Waals surface area contributed by atoms with Crippen LogP contribution in [-0.2, 0) is 6.42 Å². The summed E-state index contributed by atoms with van der Waals surface area (Å²) in [4.78, 5) is 6.53. The van der Waals surface area contributed by atoms with Gasteiger partial charge < -0.3 is 19.7 Å². The summed E-state index contributed by atoms with van der Waals surface area (Å²) in [5, 5.41) is 3.35. The highest BCUT2D eigenvalue weighted by atomic mass is 16.5. The highest BCUT2D eigenvalue weighted by Crippen LogP contribution is 2.24. The summed E-state index contributed by atoms with van der Waals surface area (Å²) in [7, 11) is 5.41. The van der Waals surface area contributed by atoms with E-state index in [0.29, 0.717) is 0 Å². The van der Waals surface area contributed by atoms with Crippen molar-refractivity contribution in [1.82, 2.24) is 10.2 Å². The molecule has 0 saturated heterocycles. The lowest BCUT2D eigenvalue weighted by Crippen LogP contribution is -2.36. The fourth-order valence-electron chi connectivity index (χ4n) is 2.11. The molecule has 0 amide bonds. The normalized spacial score (nSPS) is 14.3. The van der Waals surface area contributed by atoms with Crippen LogP contribution >= 0.6 is 0 Å². The first-order valence-corrected chi connectivity index (χ1v) is 6.45. The zero-order valence-corrected chi connectivity index (χ0v) is 11.8. The summed E-state index contributed by atoms with van der Waals surface area (Å²) in [6.45, 7) is 2.69.